The molecular formula is C15H24N4O6S. The topological polar surface area (TPSA) is 140 Å². The Hall–Kier alpha value is -1.72. The van der Waals surface area contributed by atoms with Gasteiger partial charge in [-0.2, -0.15) is 13.5 Å². The van der Waals surface area contributed by atoms with Gasteiger partial charge in [0.25, 0.3) is 0 Å². The van der Waals surface area contributed by atoms with Gasteiger partial charge in [-0.05, 0) is 25.7 Å². The summed E-state index contributed by atoms with van der Waals surface area (Å²) in [5, 5.41) is 11.5. The molecule has 26 heavy (non-hydrogen) atoms. The van der Waals surface area contributed by atoms with E-state index in [2.05, 4.69) is 9.60 Å². The molecule has 0 aromatic heterocycles. The Bertz CT molecular complexity index is 688. The van der Waals surface area contributed by atoms with E-state index in [0.29, 0.717) is 17.9 Å². The fourth-order valence-corrected chi connectivity index (χ4v) is 4.38. The van der Waals surface area contributed by atoms with Crippen molar-refractivity contribution in [2.75, 3.05) is 6.54 Å². The minimum Gasteiger partial charge on any atom is -0.313 e. The summed E-state index contributed by atoms with van der Waals surface area (Å²) in [6, 6.07) is -1.88. The summed E-state index contributed by atoms with van der Waals surface area (Å²) in [6.07, 6.45) is 6.69. The maximum Gasteiger partial charge on any atom is 0.418 e. The van der Waals surface area contributed by atoms with Crippen molar-refractivity contribution < 1.29 is 26.8 Å². The summed E-state index contributed by atoms with van der Waals surface area (Å²) in [5.41, 5.74) is 0. The molecule has 3 aliphatic rings. The van der Waals surface area contributed by atoms with Crippen molar-refractivity contribution in [3.8, 4) is 0 Å². The van der Waals surface area contributed by atoms with E-state index < -0.39 is 28.5 Å². The molecule has 1 aliphatic carbocycles. The standard InChI is InChI=1S/C15H24N4O6S/c16-13(17-14(20)10-5-3-1-2-4-6-10)12-8-7-11-9-18(12)15(21)19(11)25-26(22,23)24/h10-12H,1-9H2,(H2,16,17,20)(H,22,23,24)/t11-,12+/m1/s1. The van der Waals surface area contributed by atoms with Gasteiger partial charge in [0, 0.05) is 12.5 Å². The summed E-state index contributed by atoms with van der Waals surface area (Å²) in [7, 11) is -4.80. The number of carbonyl (C=O) groups is 2. The Morgan fingerprint density at radius 1 is 1.15 bits per heavy atom. The molecule has 0 spiro atoms. The highest BCUT2D eigenvalue weighted by molar-refractivity contribution is 7.80. The Kier molecular flexibility index (Phi) is 5.49. The number of fused-ring (bicyclic) bond motifs is 2. The van der Waals surface area contributed by atoms with Gasteiger partial charge in [0.05, 0.1) is 12.1 Å². The van der Waals surface area contributed by atoms with Crippen LogP contribution in [0.25, 0.3) is 0 Å². The van der Waals surface area contributed by atoms with Crippen LogP contribution in [0, 0.1) is 11.3 Å². The highest BCUT2D eigenvalue weighted by Crippen LogP contribution is 2.31. The third-order valence-corrected chi connectivity index (χ3v) is 5.66. The fourth-order valence-electron chi connectivity index (χ4n) is 3.99. The first-order valence-electron chi connectivity index (χ1n) is 8.92. The molecule has 2 aliphatic heterocycles. The van der Waals surface area contributed by atoms with Crippen LogP contribution in [0.4, 0.5) is 4.79 Å². The molecule has 146 valence electrons. The van der Waals surface area contributed by atoms with Crippen LogP contribution in [0.2, 0.25) is 0 Å². The van der Waals surface area contributed by atoms with E-state index in [-0.39, 0.29) is 24.2 Å². The van der Waals surface area contributed by atoms with Crippen molar-refractivity contribution in [2.45, 2.75) is 63.5 Å². The molecule has 10 nitrogen and oxygen atoms in total. The zero-order valence-electron chi connectivity index (χ0n) is 14.4. The number of hydrogen-bond donors (Lipinski definition) is 3. The summed E-state index contributed by atoms with van der Waals surface area (Å²) in [6.45, 7) is 0.181. The number of hydrogen-bond acceptors (Lipinski definition) is 6. The Morgan fingerprint density at radius 3 is 2.42 bits per heavy atom. The molecule has 0 unspecified atom stereocenters. The molecule has 2 atom stereocenters. The van der Waals surface area contributed by atoms with Crippen LogP contribution in [0.5, 0.6) is 0 Å². The van der Waals surface area contributed by atoms with Gasteiger partial charge in [0.2, 0.25) is 5.91 Å². The van der Waals surface area contributed by atoms with Gasteiger partial charge in [-0.1, -0.05) is 25.7 Å². The van der Waals surface area contributed by atoms with Gasteiger partial charge < -0.3 is 10.2 Å². The van der Waals surface area contributed by atoms with Crippen LogP contribution < -0.4 is 5.32 Å². The summed E-state index contributed by atoms with van der Waals surface area (Å²) >= 11 is 0. The molecule has 0 radical (unpaired) electrons. The van der Waals surface area contributed by atoms with E-state index in [1.807, 2.05) is 0 Å². The molecule has 2 bridgehead atoms. The zero-order valence-corrected chi connectivity index (χ0v) is 15.2. The summed E-state index contributed by atoms with van der Waals surface area (Å²) in [4.78, 5) is 26.1. The number of piperidine rings is 1. The van der Waals surface area contributed by atoms with Gasteiger partial charge in [0.1, 0.15) is 5.84 Å². The van der Waals surface area contributed by atoms with Crippen molar-refractivity contribution in [2.24, 2.45) is 5.92 Å². The number of carbonyl (C=O) groups excluding carboxylic acids is 2. The van der Waals surface area contributed by atoms with Crippen molar-refractivity contribution in [1.82, 2.24) is 15.3 Å². The van der Waals surface area contributed by atoms with Crippen molar-refractivity contribution >= 4 is 28.2 Å². The lowest BCUT2D eigenvalue weighted by Gasteiger charge is -2.31. The van der Waals surface area contributed by atoms with E-state index >= 15 is 0 Å². The van der Waals surface area contributed by atoms with Crippen LogP contribution >= 0.6 is 0 Å². The second kappa shape index (κ2) is 7.49. The monoisotopic (exact) mass is 388 g/mol. The van der Waals surface area contributed by atoms with E-state index in [0.717, 1.165) is 38.5 Å². The molecule has 2 heterocycles. The minimum atomic E-state index is -4.80. The van der Waals surface area contributed by atoms with Crippen molar-refractivity contribution in [1.29, 1.82) is 5.41 Å². The highest BCUT2D eigenvalue weighted by atomic mass is 32.3. The molecule has 11 heteroatoms. The van der Waals surface area contributed by atoms with Crippen LogP contribution in [-0.4, -0.2) is 59.3 Å². The first-order valence-corrected chi connectivity index (χ1v) is 10.3. The lowest BCUT2D eigenvalue weighted by molar-refractivity contribution is -0.124. The largest absolute Gasteiger partial charge is 0.418 e. The third kappa shape index (κ3) is 4.15. The minimum absolute atomic E-state index is 0.0558. The maximum atomic E-state index is 12.4. The van der Waals surface area contributed by atoms with E-state index in [4.69, 9.17) is 9.96 Å². The third-order valence-electron chi connectivity index (χ3n) is 5.31. The second-order valence-electron chi connectivity index (χ2n) is 7.10. The van der Waals surface area contributed by atoms with Crippen LogP contribution in [0.15, 0.2) is 0 Å². The van der Waals surface area contributed by atoms with E-state index in [1.165, 1.54) is 4.90 Å². The van der Waals surface area contributed by atoms with Crippen LogP contribution in [0.3, 0.4) is 0 Å². The molecule has 3 amide bonds. The SMILES string of the molecule is N=C(NC(=O)C1CCCCCC1)[C@@H]1CC[C@@H]2CN1C(=O)N2OS(=O)(=O)O. The number of hydroxylamine groups is 2. The average Bonchev–Trinajstić information content (AvgIpc) is 2.79. The molecule has 2 saturated heterocycles. The van der Waals surface area contributed by atoms with Gasteiger partial charge in [-0.3, -0.25) is 14.8 Å². The first kappa shape index (κ1) is 19.1. The number of amidine groups is 1. The number of nitrogens with zero attached hydrogens (tertiary/aromatic N) is 2. The normalized spacial score (nSPS) is 27.3. The highest BCUT2D eigenvalue weighted by Gasteiger charge is 2.48. The maximum absolute atomic E-state index is 12.4. The van der Waals surface area contributed by atoms with Gasteiger partial charge in [-0.25, -0.2) is 4.79 Å². The van der Waals surface area contributed by atoms with Crippen LogP contribution in [-0.2, 0) is 19.5 Å². The zero-order chi connectivity index (χ0) is 18.9. The van der Waals surface area contributed by atoms with Gasteiger partial charge in [-0.15, -0.1) is 4.28 Å². The second-order valence-corrected chi connectivity index (χ2v) is 8.11. The smallest absolute Gasteiger partial charge is 0.313 e. The van der Waals surface area contributed by atoms with Crippen LogP contribution in [0.1, 0.15) is 51.4 Å². The predicted octanol–water partition coefficient (Wildman–Crippen LogP) is 1.05. The summed E-state index contributed by atoms with van der Waals surface area (Å²) < 4.78 is 35.0. The number of rotatable bonds is 4. The molecule has 3 N–H and O–H groups in total. The van der Waals surface area contributed by atoms with Crippen molar-refractivity contribution in [3.63, 3.8) is 0 Å². The quantitative estimate of drug-likeness (QED) is 0.285. The molecule has 3 fully saturated rings. The number of nitrogens with one attached hydrogen (secondary N) is 2. The molecule has 0 aromatic carbocycles. The van der Waals surface area contributed by atoms with E-state index in [1.54, 1.807) is 0 Å². The van der Waals surface area contributed by atoms with E-state index in [9.17, 15) is 18.0 Å². The Morgan fingerprint density at radius 2 is 1.81 bits per heavy atom. The van der Waals surface area contributed by atoms with Crippen molar-refractivity contribution in [3.05, 3.63) is 0 Å². The van der Waals surface area contributed by atoms with Gasteiger partial charge >= 0.3 is 16.4 Å². The lowest BCUT2D eigenvalue weighted by atomic mass is 9.97. The number of urea groups is 1. The predicted molar refractivity (Wildman–Crippen MR) is 90.4 cm³/mol. The molecule has 3 rings (SSSR count). The van der Waals surface area contributed by atoms with Gasteiger partial charge in [0.15, 0.2) is 0 Å². The summed E-state index contributed by atoms with van der Waals surface area (Å²) in [5.74, 6) is -0.348. The fraction of sp³-hybridized carbons (Fsp3) is 0.800. The molecule has 1 saturated carbocycles. The first-order chi connectivity index (χ1) is 12.3. The average molecular weight is 388 g/mol. The molecule has 0 aromatic rings. The lowest BCUT2D eigenvalue weighted by Crippen LogP contribution is -2.51. The molecular weight excluding hydrogens is 364 g/mol. The Balaban J connectivity index is 1.62. The Labute approximate surface area is 152 Å². The number of amides is 3.